The first kappa shape index (κ1) is 19.3. The van der Waals surface area contributed by atoms with Crippen LogP contribution in [0.3, 0.4) is 0 Å². The Morgan fingerprint density at radius 3 is 2.71 bits per heavy atom. The van der Waals surface area contributed by atoms with Gasteiger partial charge in [-0.15, -0.1) is 11.8 Å². The van der Waals surface area contributed by atoms with Crippen LogP contribution >= 0.6 is 11.8 Å². The van der Waals surface area contributed by atoms with Crippen LogP contribution in [0.1, 0.15) is 76.6 Å². The Balaban J connectivity index is 2.20. The van der Waals surface area contributed by atoms with Gasteiger partial charge < -0.3 is 0 Å². The first-order chi connectivity index (χ1) is 11.5. The molecule has 2 atom stereocenters. The average Bonchev–Trinajstić information content (AvgIpc) is 2.56. The highest BCUT2D eigenvalue weighted by Crippen LogP contribution is 2.45. The van der Waals surface area contributed by atoms with E-state index in [0.29, 0.717) is 16.4 Å². The van der Waals surface area contributed by atoms with Crippen molar-refractivity contribution in [3.63, 3.8) is 0 Å². The molecule has 132 valence electrons. The summed E-state index contributed by atoms with van der Waals surface area (Å²) in [4.78, 5) is 14.3. The lowest BCUT2D eigenvalue weighted by molar-refractivity contribution is 0.0892. The van der Waals surface area contributed by atoms with Gasteiger partial charge in [0.15, 0.2) is 5.78 Å². The summed E-state index contributed by atoms with van der Waals surface area (Å²) < 4.78 is 0. The van der Waals surface area contributed by atoms with Crippen molar-refractivity contribution >= 4 is 17.5 Å². The normalized spacial score (nSPS) is 21.2. The lowest BCUT2D eigenvalue weighted by atomic mass is 9.77. The van der Waals surface area contributed by atoms with Crippen molar-refractivity contribution in [2.24, 2.45) is 11.3 Å². The minimum Gasteiger partial charge on any atom is -0.294 e. The van der Waals surface area contributed by atoms with Crippen LogP contribution in [0, 0.1) is 11.3 Å². The van der Waals surface area contributed by atoms with Gasteiger partial charge in [-0.2, -0.15) is 0 Å². The molecule has 0 aliphatic carbocycles. The smallest absolute Gasteiger partial charge is 0.168 e. The molecule has 0 N–H and O–H groups in total. The second-order valence-corrected chi connectivity index (χ2v) is 9.02. The molecule has 2 heteroatoms. The van der Waals surface area contributed by atoms with E-state index in [1.54, 1.807) is 0 Å². The fourth-order valence-electron chi connectivity index (χ4n) is 3.63. The Bertz CT molecular complexity index is 573. The molecule has 0 fully saturated rings. The van der Waals surface area contributed by atoms with Crippen LogP contribution in [0.5, 0.6) is 0 Å². The standard InChI is InChI=1S/C22H32OS/c1-5-7-9-12-18-20(16-22(3,4)15-8-6-2)24-19-14-11-10-13-17(19)21(18)23/h5,7,10-11,13-14,18,20H,6,8-9,12,15-16H2,1-4H3. The molecular weight excluding hydrogens is 312 g/mol. The lowest BCUT2D eigenvalue weighted by Gasteiger charge is -2.36. The maximum absolute atomic E-state index is 13.1. The number of fused-ring (bicyclic) bond motifs is 1. The molecule has 1 aromatic rings. The Morgan fingerprint density at radius 1 is 1.25 bits per heavy atom. The van der Waals surface area contributed by atoms with Gasteiger partial charge in [-0.3, -0.25) is 4.79 Å². The van der Waals surface area contributed by atoms with Crippen LogP contribution in [-0.2, 0) is 0 Å². The van der Waals surface area contributed by atoms with E-state index in [0.717, 1.165) is 24.8 Å². The minimum absolute atomic E-state index is 0.155. The van der Waals surface area contributed by atoms with Gasteiger partial charge in [0.2, 0.25) is 0 Å². The number of thioether (sulfide) groups is 1. The molecule has 0 saturated carbocycles. The molecule has 0 spiro atoms. The lowest BCUT2D eigenvalue weighted by Crippen LogP contribution is -2.34. The van der Waals surface area contributed by atoms with E-state index < -0.39 is 0 Å². The maximum Gasteiger partial charge on any atom is 0.168 e. The van der Waals surface area contributed by atoms with Gasteiger partial charge in [-0.25, -0.2) is 0 Å². The maximum atomic E-state index is 13.1. The fourth-order valence-corrected chi connectivity index (χ4v) is 5.37. The topological polar surface area (TPSA) is 17.1 Å². The van der Waals surface area contributed by atoms with E-state index in [4.69, 9.17) is 0 Å². The molecular formula is C22H32OS. The highest BCUT2D eigenvalue weighted by molar-refractivity contribution is 8.00. The molecule has 0 bridgehead atoms. The Kier molecular flexibility index (Phi) is 7.16. The third-order valence-corrected chi connectivity index (χ3v) is 6.47. The molecule has 1 aromatic carbocycles. The Morgan fingerprint density at radius 2 is 2.00 bits per heavy atom. The molecule has 0 aromatic heterocycles. The fraction of sp³-hybridized carbons (Fsp3) is 0.591. The number of benzene rings is 1. The number of allylic oxidation sites excluding steroid dienone is 2. The number of unbranched alkanes of at least 4 members (excludes halogenated alkanes) is 1. The van der Waals surface area contributed by atoms with Gasteiger partial charge >= 0.3 is 0 Å². The minimum atomic E-state index is 0.155. The van der Waals surface area contributed by atoms with Crippen molar-refractivity contribution in [1.29, 1.82) is 0 Å². The number of carbonyl (C=O) groups is 1. The van der Waals surface area contributed by atoms with Gasteiger partial charge in [-0.05, 0) is 44.1 Å². The van der Waals surface area contributed by atoms with Gasteiger partial charge in [0.1, 0.15) is 0 Å². The zero-order chi connectivity index (χ0) is 17.6. The third-order valence-electron chi connectivity index (χ3n) is 5.06. The van der Waals surface area contributed by atoms with Gasteiger partial charge in [0, 0.05) is 21.6 Å². The average molecular weight is 345 g/mol. The number of carbonyl (C=O) groups excluding carboxylic acids is 1. The van der Waals surface area contributed by atoms with E-state index in [1.165, 1.54) is 24.2 Å². The molecule has 1 aliphatic heterocycles. The second kappa shape index (κ2) is 8.89. The van der Waals surface area contributed by atoms with Gasteiger partial charge in [-0.1, -0.05) is 64.0 Å². The van der Waals surface area contributed by atoms with Crippen molar-refractivity contribution in [1.82, 2.24) is 0 Å². The summed E-state index contributed by atoms with van der Waals surface area (Å²) in [7, 11) is 0. The summed E-state index contributed by atoms with van der Waals surface area (Å²) >= 11 is 1.94. The van der Waals surface area contributed by atoms with E-state index in [9.17, 15) is 4.79 Å². The van der Waals surface area contributed by atoms with E-state index in [1.807, 2.05) is 23.9 Å². The predicted octanol–water partition coefficient (Wildman–Crippen LogP) is 6.92. The number of hydrogen-bond donors (Lipinski definition) is 0. The molecule has 24 heavy (non-hydrogen) atoms. The van der Waals surface area contributed by atoms with E-state index >= 15 is 0 Å². The molecule has 0 saturated heterocycles. The summed E-state index contributed by atoms with van der Waals surface area (Å²) in [6.45, 7) is 9.05. The zero-order valence-corrected chi connectivity index (χ0v) is 16.5. The predicted molar refractivity (Wildman–Crippen MR) is 106 cm³/mol. The van der Waals surface area contributed by atoms with Crippen LogP contribution < -0.4 is 0 Å². The quantitative estimate of drug-likeness (QED) is 0.476. The van der Waals surface area contributed by atoms with Crippen molar-refractivity contribution < 1.29 is 4.79 Å². The van der Waals surface area contributed by atoms with E-state index in [-0.39, 0.29) is 5.92 Å². The largest absolute Gasteiger partial charge is 0.294 e. The van der Waals surface area contributed by atoms with Crippen LogP contribution in [-0.4, -0.2) is 11.0 Å². The SMILES string of the molecule is CC=CCCC1C(=O)c2ccccc2SC1CC(C)(C)CCCC. The van der Waals surface area contributed by atoms with E-state index in [2.05, 4.69) is 52.0 Å². The second-order valence-electron chi connectivity index (χ2n) is 7.74. The molecule has 1 aliphatic rings. The number of rotatable bonds is 8. The first-order valence-corrected chi connectivity index (χ1v) is 10.3. The first-order valence-electron chi connectivity index (χ1n) is 9.39. The molecule has 2 rings (SSSR count). The van der Waals surface area contributed by atoms with Crippen LogP contribution in [0.25, 0.3) is 0 Å². The Labute approximate surface area is 152 Å². The summed E-state index contributed by atoms with van der Waals surface area (Å²) in [5.74, 6) is 0.521. The number of ketones is 1. The zero-order valence-electron chi connectivity index (χ0n) is 15.7. The monoisotopic (exact) mass is 344 g/mol. The summed E-state index contributed by atoms with van der Waals surface area (Å²) in [5, 5.41) is 0.407. The third kappa shape index (κ3) is 4.99. The van der Waals surface area contributed by atoms with Crippen molar-refractivity contribution in [3.8, 4) is 0 Å². The molecule has 0 amide bonds. The van der Waals surface area contributed by atoms with Gasteiger partial charge in [0.05, 0.1) is 0 Å². The van der Waals surface area contributed by atoms with Crippen molar-refractivity contribution in [3.05, 3.63) is 42.0 Å². The molecule has 2 unspecified atom stereocenters. The van der Waals surface area contributed by atoms with Crippen LogP contribution in [0.15, 0.2) is 41.3 Å². The summed E-state index contributed by atoms with van der Waals surface area (Å²) in [6.07, 6.45) is 11.1. The number of hydrogen-bond acceptors (Lipinski definition) is 2. The molecule has 1 nitrogen and oxygen atoms in total. The highest BCUT2D eigenvalue weighted by atomic mass is 32.2. The molecule has 1 heterocycles. The highest BCUT2D eigenvalue weighted by Gasteiger charge is 2.38. The van der Waals surface area contributed by atoms with Crippen LogP contribution in [0.4, 0.5) is 0 Å². The summed E-state index contributed by atoms with van der Waals surface area (Å²) in [5.41, 5.74) is 1.25. The van der Waals surface area contributed by atoms with Crippen LogP contribution in [0.2, 0.25) is 0 Å². The Hall–Kier alpha value is -1.02. The van der Waals surface area contributed by atoms with Crippen molar-refractivity contribution in [2.75, 3.05) is 0 Å². The molecule has 0 radical (unpaired) electrons. The summed E-state index contributed by atoms with van der Waals surface area (Å²) in [6, 6.07) is 8.17. The number of Topliss-reactive ketones (excluding diaryl/α,β-unsaturated/α-hetero) is 1. The van der Waals surface area contributed by atoms with Gasteiger partial charge in [0.25, 0.3) is 0 Å². The van der Waals surface area contributed by atoms with Crippen molar-refractivity contribution in [2.45, 2.75) is 76.4 Å².